The van der Waals surface area contributed by atoms with E-state index < -0.39 is 10.2 Å². The van der Waals surface area contributed by atoms with Gasteiger partial charge in [0.1, 0.15) is 0 Å². The average molecular weight is 308 g/mol. The van der Waals surface area contributed by atoms with E-state index >= 15 is 0 Å². The fourth-order valence-electron chi connectivity index (χ4n) is 2.35. The van der Waals surface area contributed by atoms with Crippen LogP contribution in [0.5, 0.6) is 0 Å². The molecule has 1 fully saturated rings. The van der Waals surface area contributed by atoms with E-state index in [1.807, 2.05) is 27.7 Å². The Morgan fingerprint density at radius 1 is 1.30 bits per heavy atom. The van der Waals surface area contributed by atoms with Gasteiger partial charge in [-0.2, -0.15) is 12.7 Å². The molecule has 1 saturated heterocycles. The lowest BCUT2D eigenvalue weighted by atomic mass is 9.88. The molecule has 0 aromatic heterocycles. The predicted octanol–water partition coefficient (Wildman–Crippen LogP) is 0.729. The summed E-state index contributed by atoms with van der Waals surface area (Å²) < 4.78 is 34.3. The van der Waals surface area contributed by atoms with Crippen LogP contribution in [0.3, 0.4) is 0 Å². The average Bonchev–Trinajstić information content (AvgIpc) is 2.33. The van der Waals surface area contributed by atoms with Crippen molar-refractivity contribution in [3.8, 4) is 0 Å². The number of rotatable bonds is 7. The molecule has 0 aromatic rings. The minimum Gasteiger partial charge on any atom is -0.396 e. The maximum atomic E-state index is 12.3. The van der Waals surface area contributed by atoms with Gasteiger partial charge in [0.05, 0.1) is 12.2 Å². The van der Waals surface area contributed by atoms with Gasteiger partial charge in [-0.15, -0.1) is 0 Å². The minimum absolute atomic E-state index is 0.0854. The molecule has 1 aliphatic heterocycles. The minimum atomic E-state index is -3.47. The van der Waals surface area contributed by atoms with E-state index in [0.717, 1.165) is 6.42 Å². The normalized spacial score (nSPS) is 25.9. The van der Waals surface area contributed by atoms with Crippen molar-refractivity contribution in [3.63, 3.8) is 0 Å². The predicted molar refractivity (Wildman–Crippen MR) is 78.6 cm³/mol. The largest absolute Gasteiger partial charge is 0.396 e. The summed E-state index contributed by atoms with van der Waals surface area (Å²) in [6, 6.07) is 0. The molecule has 0 bridgehead atoms. The Morgan fingerprint density at radius 2 is 1.85 bits per heavy atom. The van der Waals surface area contributed by atoms with Crippen LogP contribution in [0.2, 0.25) is 0 Å². The summed E-state index contributed by atoms with van der Waals surface area (Å²) in [6.07, 6.45) is 1.29. The summed E-state index contributed by atoms with van der Waals surface area (Å²) in [4.78, 5) is 0. The summed E-state index contributed by atoms with van der Waals surface area (Å²) in [5.41, 5.74) is -0.167. The van der Waals surface area contributed by atoms with E-state index in [0.29, 0.717) is 26.1 Å². The van der Waals surface area contributed by atoms with Crippen LogP contribution in [-0.4, -0.2) is 56.3 Å². The first-order valence-electron chi connectivity index (χ1n) is 7.17. The highest BCUT2D eigenvalue weighted by Gasteiger charge is 2.32. The topological polar surface area (TPSA) is 78.9 Å². The lowest BCUT2D eigenvalue weighted by Crippen LogP contribution is -2.53. The third-order valence-electron chi connectivity index (χ3n) is 3.47. The van der Waals surface area contributed by atoms with Gasteiger partial charge in [0.25, 0.3) is 10.2 Å². The van der Waals surface area contributed by atoms with Gasteiger partial charge in [0.15, 0.2) is 0 Å². The second kappa shape index (κ2) is 7.17. The van der Waals surface area contributed by atoms with Gasteiger partial charge in [0, 0.05) is 26.2 Å². The summed E-state index contributed by atoms with van der Waals surface area (Å²) in [5, 5.41) is 8.86. The molecule has 0 aliphatic carbocycles. The first kappa shape index (κ1) is 17.8. The first-order valence-corrected chi connectivity index (χ1v) is 8.61. The third kappa shape index (κ3) is 5.65. The van der Waals surface area contributed by atoms with Gasteiger partial charge >= 0.3 is 0 Å². The van der Waals surface area contributed by atoms with Crippen LogP contribution in [0.15, 0.2) is 0 Å². The van der Waals surface area contributed by atoms with Gasteiger partial charge in [-0.05, 0) is 32.1 Å². The second-order valence-electron chi connectivity index (χ2n) is 6.39. The van der Waals surface area contributed by atoms with Crippen LogP contribution in [0, 0.1) is 5.41 Å². The number of hydrogen-bond acceptors (Lipinski definition) is 4. The molecule has 2 unspecified atom stereocenters. The summed E-state index contributed by atoms with van der Waals surface area (Å²) >= 11 is 0. The second-order valence-corrected chi connectivity index (χ2v) is 8.15. The SMILES string of the molecule is CC1CN(S(=O)(=O)NCC(C)(C)CCCO)CC(C)O1. The zero-order chi connectivity index (χ0) is 15.4. The molecule has 6 nitrogen and oxygen atoms in total. The van der Waals surface area contributed by atoms with Crippen molar-refractivity contribution in [2.75, 3.05) is 26.2 Å². The number of nitrogens with zero attached hydrogens (tertiary/aromatic N) is 1. The standard InChI is InChI=1S/C13H28N2O4S/c1-11-8-15(9-12(2)19-11)20(17,18)14-10-13(3,4)6-5-7-16/h11-12,14,16H,5-10H2,1-4H3. The molecule has 0 saturated carbocycles. The molecule has 1 rings (SSSR count). The fourth-order valence-corrected chi connectivity index (χ4v) is 3.92. The number of morpholine rings is 1. The Kier molecular flexibility index (Phi) is 6.40. The van der Waals surface area contributed by atoms with Gasteiger partial charge in [0.2, 0.25) is 0 Å². The zero-order valence-electron chi connectivity index (χ0n) is 12.9. The van der Waals surface area contributed by atoms with E-state index in [4.69, 9.17) is 9.84 Å². The highest BCUT2D eigenvalue weighted by molar-refractivity contribution is 7.87. The maximum Gasteiger partial charge on any atom is 0.279 e. The highest BCUT2D eigenvalue weighted by atomic mass is 32.2. The van der Waals surface area contributed by atoms with Gasteiger partial charge < -0.3 is 9.84 Å². The number of hydrogen-bond donors (Lipinski definition) is 2. The molecule has 20 heavy (non-hydrogen) atoms. The first-order chi connectivity index (χ1) is 9.16. The summed E-state index contributed by atoms with van der Waals surface area (Å²) in [6.45, 7) is 9.02. The molecule has 2 N–H and O–H groups in total. The van der Waals surface area contributed by atoms with Crippen LogP contribution in [0.4, 0.5) is 0 Å². The van der Waals surface area contributed by atoms with Crippen molar-refractivity contribution in [1.82, 2.24) is 9.03 Å². The van der Waals surface area contributed by atoms with Crippen LogP contribution in [0.25, 0.3) is 0 Å². The molecule has 120 valence electrons. The Bertz CT molecular complexity index is 387. The molecule has 1 heterocycles. The van der Waals surface area contributed by atoms with Crippen molar-refractivity contribution < 1.29 is 18.3 Å². The van der Waals surface area contributed by atoms with Crippen molar-refractivity contribution in [2.24, 2.45) is 5.41 Å². The number of aliphatic hydroxyl groups is 1. The molecule has 0 amide bonds. The highest BCUT2D eigenvalue weighted by Crippen LogP contribution is 2.22. The lowest BCUT2D eigenvalue weighted by molar-refractivity contribution is -0.0444. The van der Waals surface area contributed by atoms with Crippen molar-refractivity contribution in [3.05, 3.63) is 0 Å². The molecular formula is C13H28N2O4S. The van der Waals surface area contributed by atoms with Crippen molar-refractivity contribution in [2.45, 2.75) is 52.7 Å². The molecular weight excluding hydrogens is 280 g/mol. The quantitative estimate of drug-likeness (QED) is 0.727. The van der Waals surface area contributed by atoms with Crippen LogP contribution in [-0.2, 0) is 14.9 Å². The van der Waals surface area contributed by atoms with Crippen molar-refractivity contribution in [1.29, 1.82) is 0 Å². The van der Waals surface area contributed by atoms with E-state index in [2.05, 4.69) is 4.72 Å². The van der Waals surface area contributed by atoms with E-state index in [-0.39, 0.29) is 24.2 Å². The van der Waals surface area contributed by atoms with E-state index in [1.165, 1.54) is 4.31 Å². The lowest BCUT2D eigenvalue weighted by Gasteiger charge is -2.35. The molecule has 7 heteroatoms. The summed E-state index contributed by atoms with van der Waals surface area (Å²) in [5.74, 6) is 0. The molecule has 0 radical (unpaired) electrons. The maximum absolute atomic E-state index is 12.3. The zero-order valence-corrected chi connectivity index (χ0v) is 13.7. The Balaban J connectivity index is 2.56. The molecule has 0 spiro atoms. The Labute approximate surface area is 122 Å². The van der Waals surface area contributed by atoms with Gasteiger partial charge in [-0.1, -0.05) is 13.8 Å². The van der Waals surface area contributed by atoms with Crippen molar-refractivity contribution >= 4 is 10.2 Å². The Hall–Kier alpha value is -0.210. The van der Waals surface area contributed by atoms with Crippen LogP contribution < -0.4 is 4.72 Å². The third-order valence-corrected chi connectivity index (χ3v) is 4.96. The van der Waals surface area contributed by atoms with Gasteiger partial charge in [-0.25, -0.2) is 4.72 Å². The Morgan fingerprint density at radius 3 is 2.35 bits per heavy atom. The van der Waals surface area contributed by atoms with Crippen LogP contribution in [0.1, 0.15) is 40.5 Å². The van der Waals surface area contributed by atoms with Crippen LogP contribution >= 0.6 is 0 Å². The molecule has 0 aromatic carbocycles. The monoisotopic (exact) mass is 308 g/mol. The number of aliphatic hydroxyl groups excluding tert-OH is 1. The smallest absolute Gasteiger partial charge is 0.279 e. The van der Waals surface area contributed by atoms with Gasteiger partial charge in [-0.3, -0.25) is 0 Å². The molecule has 1 aliphatic rings. The van der Waals surface area contributed by atoms with E-state index in [1.54, 1.807) is 0 Å². The fraction of sp³-hybridized carbons (Fsp3) is 1.00. The number of ether oxygens (including phenoxy) is 1. The van der Waals surface area contributed by atoms with E-state index in [9.17, 15) is 8.42 Å². The summed E-state index contributed by atoms with van der Waals surface area (Å²) in [7, 11) is -3.47. The number of nitrogens with one attached hydrogen (secondary N) is 1. The molecule has 2 atom stereocenters.